The maximum absolute atomic E-state index is 11.7. The zero-order chi connectivity index (χ0) is 13.5. The van der Waals surface area contributed by atoms with Gasteiger partial charge in [-0.3, -0.25) is 9.59 Å². The summed E-state index contributed by atoms with van der Waals surface area (Å²) in [6, 6.07) is -0.334. The van der Waals surface area contributed by atoms with E-state index in [2.05, 4.69) is 16.0 Å². The SMILES string of the molecule is CCC(C)NC(=O)C(C)NC(=O)CNCC1CC1.Cl. The Balaban J connectivity index is 0.00000324. The molecule has 0 saturated heterocycles. The first-order chi connectivity index (χ1) is 8.52. The Labute approximate surface area is 121 Å². The Kier molecular flexibility index (Phi) is 8.76. The molecule has 0 aromatic heterocycles. The van der Waals surface area contributed by atoms with E-state index < -0.39 is 6.04 Å². The van der Waals surface area contributed by atoms with Gasteiger partial charge in [-0.25, -0.2) is 0 Å². The third-order valence-electron chi connectivity index (χ3n) is 3.19. The molecule has 1 aliphatic rings. The summed E-state index contributed by atoms with van der Waals surface area (Å²) in [6.07, 6.45) is 3.42. The van der Waals surface area contributed by atoms with Crippen LogP contribution in [0.4, 0.5) is 0 Å². The molecule has 0 aromatic carbocycles. The van der Waals surface area contributed by atoms with Crippen molar-refractivity contribution in [2.24, 2.45) is 5.92 Å². The van der Waals surface area contributed by atoms with Gasteiger partial charge < -0.3 is 16.0 Å². The second-order valence-electron chi connectivity index (χ2n) is 5.18. The topological polar surface area (TPSA) is 70.2 Å². The molecule has 0 aliphatic heterocycles. The molecule has 0 bridgehead atoms. The van der Waals surface area contributed by atoms with Crippen molar-refractivity contribution in [2.75, 3.05) is 13.1 Å². The van der Waals surface area contributed by atoms with E-state index >= 15 is 0 Å². The molecular weight excluding hydrogens is 266 g/mol. The number of amides is 2. The van der Waals surface area contributed by atoms with E-state index in [4.69, 9.17) is 0 Å². The van der Waals surface area contributed by atoms with Crippen molar-refractivity contribution >= 4 is 24.2 Å². The summed E-state index contributed by atoms with van der Waals surface area (Å²) >= 11 is 0. The molecule has 0 spiro atoms. The predicted molar refractivity (Wildman–Crippen MR) is 78.3 cm³/mol. The lowest BCUT2D eigenvalue weighted by Gasteiger charge is -2.17. The van der Waals surface area contributed by atoms with Crippen molar-refractivity contribution in [1.82, 2.24) is 16.0 Å². The van der Waals surface area contributed by atoms with E-state index in [1.165, 1.54) is 12.8 Å². The lowest BCUT2D eigenvalue weighted by Crippen LogP contribution is -2.49. The Hall–Kier alpha value is -0.810. The van der Waals surface area contributed by atoms with Crippen molar-refractivity contribution in [3.8, 4) is 0 Å². The molecule has 1 rings (SSSR count). The van der Waals surface area contributed by atoms with Crippen LogP contribution in [0.3, 0.4) is 0 Å². The number of nitrogens with one attached hydrogen (secondary N) is 3. The van der Waals surface area contributed by atoms with Gasteiger partial charge in [0.1, 0.15) is 6.04 Å². The Bertz CT molecular complexity index is 296. The molecule has 112 valence electrons. The highest BCUT2D eigenvalue weighted by atomic mass is 35.5. The van der Waals surface area contributed by atoms with Gasteiger partial charge in [0, 0.05) is 6.04 Å². The molecule has 0 aromatic rings. The van der Waals surface area contributed by atoms with Crippen LogP contribution >= 0.6 is 12.4 Å². The number of rotatable bonds is 8. The van der Waals surface area contributed by atoms with Crippen LogP contribution in [0, 0.1) is 5.92 Å². The maximum Gasteiger partial charge on any atom is 0.242 e. The third-order valence-corrected chi connectivity index (χ3v) is 3.19. The molecule has 2 atom stereocenters. The van der Waals surface area contributed by atoms with Crippen molar-refractivity contribution in [1.29, 1.82) is 0 Å². The van der Waals surface area contributed by atoms with Crippen LogP contribution in [0.5, 0.6) is 0 Å². The van der Waals surface area contributed by atoms with Crippen LogP contribution in [0.25, 0.3) is 0 Å². The lowest BCUT2D eigenvalue weighted by atomic mass is 10.2. The van der Waals surface area contributed by atoms with E-state index in [9.17, 15) is 9.59 Å². The fraction of sp³-hybridized carbons (Fsp3) is 0.846. The van der Waals surface area contributed by atoms with E-state index in [-0.39, 0.29) is 36.8 Å². The van der Waals surface area contributed by atoms with Crippen LogP contribution in [-0.2, 0) is 9.59 Å². The molecular formula is C13H26ClN3O2. The molecule has 1 aliphatic carbocycles. The second-order valence-corrected chi connectivity index (χ2v) is 5.18. The highest BCUT2D eigenvalue weighted by Crippen LogP contribution is 2.27. The quantitative estimate of drug-likeness (QED) is 0.620. The molecule has 19 heavy (non-hydrogen) atoms. The van der Waals surface area contributed by atoms with E-state index in [0.29, 0.717) is 0 Å². The van der Waals surface area contributed by atoms with Crippen molar-refractivity contribution in [2.45, 2.75) is 52.1 Å². The van der Waals surface area contributed by atoms with Gasteiger partial charge in [-0.1, -0.05) is 6.92 Å². The van der Waals surface area contributed by atoms with Crippen LogP contribution < -0.4 is 16.0 Å². The number of hydrogen-bond donors (Lipinski definition) is 3. The van der Waals surface area contributed by atoms with Crippen molar-refractivity contribution < 1.29 is 9.59 Å². The van der Waals surface area contributed by atoms with E-state index in [0.717, 1.165) is 18.9 Å². The summed E-state index contributed by atoms with van der Waals surface area (Å²) in [5.74, 6) is 0.506. The molecule has 1 fully saturated rings. The van der Waals surface area contributed by atoms with Gasteiger partial charge in [-0.2, -0.15) is 0 Å². The second kappa shape index (κ2) is 9.15. The van der Waals surface area contributed by atoms with Gasteiger partial charge in [0.15, 0.2) is 0 Å². The first-order valence-electron chi connectivity index (χ1n) is 6.83. The molecule has 1 saturated carbocycles. The largest absolute Gasteiger partial charge is 0.352 e. The molecule has 0 radical (unpaired) electrons. The smallest absolute Gasteiger partial charge is 0.242 e. The first kappa shape index (κ1) is 18.2. The summed E-state index contributed by atoms with van der Waals surface area (Å²) in [7, 11) is 0. The fourth-order valence-electron chi connectivity index (χ4n) is 1.54. The highest BCUT2D eigenvalue weighted by molar-refractivity contribution is 5.88. The standard InChI is InChI=1S/C13H25N3O2.ClH/c1-4-9(2)15-13(18)10(3)16-12(17)8-14-7-11-5-6-11;/h9-11,14H,4-8H2,1-3H3,(H,15,18)(H,16,17);1H. The minimum absolute atomic E-state index is 0. The number of carbonyl (C=O) groups is 2. The normalized spacial score (nSPS) is 17.0. The summed E-state index contributed by atoms with van der Waals surface area (Å²) in [6.45, 7) is 6.86. The van der Waals surface area contributed by atoms with Crippen LogP contribution in [0.1, 0.15) is 40.0 Å². The summed E-state index contributed by atoms with van der Waals surface area (Å²) in [5, 5.41) is 8.63. The number of hydrogen-bond acceptors (Lipinski definition) is 3. The minimum atomic E-state index is -0.478. The number of carbonyl (C=O) groups excluding carboxylic acids is 2. The Morgan fingerprint density at radius 3 is 2.37 bits per heavy atom. The summed E-state index contributed by atoms with van der Waals surface area (Å²) in [4.78, 5) is 23.3. The molecule has 2 unspecified atom stereocenters. The zero-order valence-corrected chi connectivity index (χ0v) is 12.8. The molecule has 0 heterocycles. The van der Waals surface area contributed by atoms with E-state index in [1.54, 1.807) is 6.92 Å². The molecule has 6 heteroatoms. The van der Waals surface area contributed by atoms with Gasteiger partial charge in [0.25, 0.3) is 0 Å². The number of halogens is 1. The lowest BCUT2D eigenvalue weighted by molar-refractivity contribution is -0.128. The van der Waals surface area contributed by atoms with Crippen LogP contribution in [-0.4, -0.2) is 37.0 Å². The molecule has 3 N–H and O–H groups in total. The monoisotopic (exact) mass is 291 g/mol. The Morgan fingerprint density at radius 1 is 1.21 bits per heavy atom. The van der Waals surface area contributed by atoms with Gasteiger partial charge in [-0.05, 0) is 45.6 Å². The summed E-state index contributed by atoms with van der Waals surface area (Å²) < 4.78 is 0. The highest BCUT2D eigenvalue weighted by Gasteiger charge is 2.21. The average Bonchev–Trinajstić information content (AvgIpc) is 3.12. The van der Waals surface area contributed by atoms with Gasteiger partial charge >= 0.3 is 0 Å². The zero-order valence-electron chi connectivity index (χ0n) is 12.0. The summed E-state index contributed by atoms with van der Waals surface area (Å²) in [5.41, 5.74) is 0. The van der Waals surface area contributed by atoms with E-state index in [1.807, 2.05) is 13.8 Å². The minimum Gasteiger partial charge on any atom is -0.352 e. The predicted octanol–water partition coefficient (Wildman–Crippen LogP) is 0.827. The molecule has 5 nitrogen and oxygen atoms in total. The van der Waals surface area contributed by atoms with Crippen LogP contribution in [0.15, 0.2) is 0 Å². The molecule has 2 amide bonds. The van der Waals surface area contributed by atoms with Crippen molar-refractivity contribution in [3.63, 3.8) is 0 Å². The van der Waals surface area contributed by atoms with Gasteiger partial charge in [0.2, 0.25) is 11.8 Å². The van der Waals surface area contributed by atoms with Gasteiger partial charge in [-0.15, -0.1) is 12.4 Å². The maximum atomic E-state index is 11.7. The average molecular weight is 292 g/mol. The van der Waals surface area contributed by atoms with Crippen molar-refractivity contribution in [3.05, 3.63) is 0 Å². The van der Waals surface area contributed by atoms with Gasteiger partial charge in [0.05, 0.1) is 6.54 Å². The van der Waals surface area contributed by atoms with Crippen LogP contribution in [0.2, 0.25) is 0 Å². The first-order valence-corrected chi connectivity index (χ1v) is 6.83. The third kappa shape index (κ3) is 8.06. The Morgan fingerprint density at radius 2 is 1.84 bits per heavy atom. The fourth-order valence-corrected chi connectivity index (χ4v) is 1.54.